The molecular weight excluding hydrogens is 324 g/mol. The molecule has 2 aromatic heterocycles. The number of pyridine rings is 1. The number of aromatic nitrogens is 1. The van der Waals surface area contributed by atoms with Crippen molar-refractivity contribution in [2.24, 2.45) is 0 Å². The Morgan fingerprint density at radius 3 is 2.77 bits per heavy atom. The van der Waals surface area contributed by atoms with Crippen molar-refractivity contribution in [2.45, 2.75) is 20.3 Å². The van der Waals surface area contributed by atoms with E-state index in [1.54, 1.807) is 25.1 Å². The number of carbonyl (C=O) groups is 2. The molecule has 7 heteroatoms. The van der Waals surface area contributed by atoms with E-state index in [0.717, 1.165) is 11.3 Å². The first-order chi connectivity index (χ1) is 10.6. The quantitative estimate of drug-likeness (QED) is 0.665. The smallest absolute Gasteiger partial charge is 0.341 e. The number of thiophene rings is 1. The first-order valence-electron chi connectivity index (χ1n) is 6.78. The largest absolute Gasteiger partial charge is 0.462 e. The van der Waals surface area contributed by atoms with E-state index >= 15 is 0 Å². The van der Waals surface area contributed by atoms with Crippen LogP contribution in [-0.2, 0) is 11.2 Å². The van der Waals surface area contributed by atoms with Crippen LogP contribution < -0.4 is 5.32 Å². The Balaban J connectivity index is 2.29. The normalized spacial score (nSPS) is 10.3. The van der Waals surface area contributed by atoms with Gasteiger partial charge < -0.3 is 10.1 Å². The van der Waals surface area contributed by atoms with Gasteiger partial charge in [-0.15, -0.1) is 11.3 Å². The van der Waals surface area contributed by atoms with Gasteiger partial charge in [0, 0.05) is 11.1 Å². The molecule has 2 rings (SSSR count). The number of halogens is 1. The number of hydrogen-bond donors (Lipinski definition) is 1. The third-order valence-electron chi connectivity index (χ3n) is 2.86. The molecule has 116 valence electrons. The Bertz CT molecular complexity index is 700. The van der Waals surface area contributed by atoms with Gasteiger partial charge in [0.2, 0.25) is 0 Å². The van der Waals surface area contributed by atoms with E-state index in [2.05, 4.69) is 10.3 Å². The van der Waals surface area contributed by atoms with Crippen molar-refractivity contribution in [2.75, 3.05) is 11.9 Å². The minimum absolute atomic E-state index is 0.116. The van der Waals surface area contributed by atoms with Crippen molar-refractivity contribution in [3.8, 4) is 0 Å². The molecule has 0 saturated carbocycles. The third-order valence-corrected chi connectivity index (χ3v) is 4.35. The third kappa shape index (κ3) is 3.64. The van der Waals surface area contributed by atoms with Crippen LogP contribution in [0.15, 0.2) is 24.4 Å². The Hall–Kier alpha value is -1.92. The maximum Gasteiger partial charge on any atom is 0.341 e. The number of rotatable bonds is 5. The van der Waals surface area contributed by atoms with E-state index in [4.69, 9.17) is 16.3 Å². The first kappa shape index (κ1) is 16.5. The predicted molar refractivity (Wildman–Crippen MR) is 86.9 cm³/mol. The predicted octanol–water partition coefficient (Wildman–Crippen LogP) is 3.79. The summed E-state index contributed by atoms with van der Waals surface area (Å²) in [7, 11) is 0. The zero-order chi connectivity index (χ0) is 16.1. The number of amides is 1. The Morgan fingerprint density at radius 1 is 1.36 bits per heavy atom. The summed E-state index contributed by atoms with van der Waals surface area (Å²) in [6, 6.07) is 4.94. The molecule has 0 fully saturated rings. The average Bonchev–Trinajstić information content (AvgIpc) is 2.91. The monoisotopic (exact) mass is 338 g/mol. The van der Waals surface area contributed by atoms with E-state index in [-0.39, 0.29) is 17.3 Å². The summed E-state index contributed by atoms with van der Waals surface area (Å²) in [5, 5.41) is 3.29. The first-order valence-corrected chi connectivity index (χ1v) is 7.98. The van der Waals surface area contributed by atoms with Gasteiger partial charge in [-0.25, -0.2) is 9.78 Å². The number of nitrogens with one attached hydrogen (secondary N) is 1. The van der Waals surface area contributed by atoms with Gasteiger partial charge in [0.15, 0.2) is 0 Å². The number of carbonyl (C=O) groups excluding carboxylic acids is 2. The molecule has 0 aliphatic heterocycles. The van der Waals surface area contributed by atoms with Crippen LogP contribution in [-0.4, -0.2) is 23.5 Å². The second-order valence-electron chi connectivity index (χ2n) is 4.33. The zero-order valence-corrected chi connectivity index (χ0v) is 13.8. The van der Waals surface area contributed by atoms with Crippen LogP contribution in [0.2, 0.25) is 5.15 Å². The Morgan fingerprint density at radius 2 is 2.14 bits per heavy atom. The highest BCUT2D eigenvalue weighted by Crippen LogP contribution is 2.30. The lowest BCUT2D eigenvalue weighted by molar-refractivity contribution is 0.0528. The molecule has 0 aromatic carbocycles. The van der Waals surface area contributed by atoms with Crippen LogP contribution in [0, 0.1) is 0 Å². The van der Waals surface area contributed by atoms with Crippen LogP contribution in [0.5, 0.6) is 0 Å². The molecule has 0 aliphatic rings. The molecule has 0 spiro atoms. The minimum Gasteiger partial charge on any atom is -0.462 e. The summed E-state index contributed by atoms with van der Waals surface area (Å²) in [4.78, 5) is 29.1. The Kier molecular flexibility index (Phi) is 5.51. The van der Waals surface area contributed by atoms with Gasteiger partial charge >= 0.3 is 5.97 Å². The van der Waals surface area contributed by atoms with Crippen molar-refractivity contribution in [1.82, 2.24) is 4.98 Å². The molecule has 0 atom stereocenters. The molecule has 1 N–H and O–H groups in total. The minimum atomic E-state index is -0.453. The second kappa shape index (κ2) is 7.38. The number of ether oxygens (including phenoxy) is 1. The van der Waals surface area contributed by atoms with Gasteiger partial charge in [0.25, 0.3) is 5.91 Å². The van der Waals surface area contributed by atoms with E-state index in [1.807, 2.05) is 6.92 Å². The van der Waals surface area contributed by atoms with Gasteiger partial charge in [-0.1, -0.05) is 18.5 Å². The molecule has 0 aliphatic carbocycles. The molecule has 0 saturated heterocycles. The van der Waals surface area contributed by atoms with Crippen molar-refractivity contribution in [3.05, 3.63) is 45.6 Å². The average molecular weight is 339 g/mol. The van der Waals surface area contributed by atoms with E-state index in [1.165, 1.54) is 17.5 Å². The number of anilines is 1. The van der Waals surface area contributed by atoms with E-state index in [9.17, 15) is 9.59 Å². The standard InChI is InChI=1S/C15H15ClN2O3S/c1-3-9-8-11(15(20)21-4-2)14(22-9)18-13(19)10-6-5-7-17-12(10)16/h5-8H,3-4H2,1-2H3,(H,18,19). The fourth-order valence-electron chi connectivity index (χ4n) is 1.80. The zero-order valence-electron chi connectivity index (χ0n) is 12.2. The van der Waals surface area contributed by atoms with E-state index in [0.29, 0.717) is 10.6 Å². The van der Waals surface area contributed by atoms with Gasteiger partial charge in [0.1, 0.15) is 10.2 Å². The molecule has 0 radical (unpaired) electrons. The maximum atomic E-state index is 12.3. The summed E-state index contributed by atoms with van der Waals surface area (Å²) in [6.45, 7) is 3.99. The number of esters is 1. The lowest BCUT2D eigenvalue weighted by atomic mass is 10.2. The number of hydrogen-bond acceptors (Lipinski definition) is 5. The second-order valence-corrected chi connectivity index (χ2v) is 5.82. The highest BCUT2D eigenvalue weighted by atomic mass is 35.5. The number of nitrogens with zero attached hydrogens (tertiary/aromatic N) is 1. The highest BCUT2D eigenvalue weighted by molar-refractivity contribution is 7.16. The summed E-state index contributed by atoms with van der Waals surface area (Å²) in [6.07, 6.45) is 2.27. The van der Waals surface area contributed by atoms with Crippen molar-refractivity contribution < 1.29 is 14.3 Å². The SMILES string of the molecule is CCOC(=O)c1cc(CC)sc1NC(=O)c1cccnc1Cl. The topological polar surface area (TPSA) is 68.3 Å². The molecule has 1 amide bonds. The lowest BCUT2D eigenvalue weighted by Gasteiger charge is -2.06. The molecular formula is C15H15ClN2O3S. The molecule has 0 bridgehead atoms. The van der Waals surface area contributed by atoms with E-state index < -0.39 is 11.9 Å². The van der Waals surface area contributed by atoms with Crippen molar-refractivity contribution in [1.29, 1.82) is 0 Å². The van der Waals surface area contributed by atoms with Crippen LogP contribution in [0.3, 0.4) is 0 Å². The summed E-state index contributed by atoms with van der Waals surface area (Å²) >= 11 is 7.26. The maximum absolute atomic E-state index is 12.3. The summed E-state index contributed by atoms with van der Waals surface area (Å²) in [5.41, 5.74) is 0.613. The highest BCUT2D eigenvalue weighted by Gasteiger charge is 2.20. The van der Waals surface area contributed by atoms with Gasteiger partial charge in [-0.3, -0.25) is 4.79 Å². The van der Waals surface area contributed by atoms with Crippen LogP contribution in [0.4, 0.5) is 5.00 Å². The van der Waals surface area contributed by atoms with Crippen LogP contribution >= 0.6 is 22.9 Å². The summed E-state index contributed by atoms with van der Waals surface area (Å²) < 4.78 is 5.02. The van der Waals surface area contributed by atoms with Crippen molar-refractivity contribution >= 4 is 39.8 Å². The van der Waals surface area contributed by atoms with Gasteiger partial charge in [-0.2, -0.15) is 0 Å². The van der Waals surface area contributed by atoms with Gasteiger partial charge in [-0.05, 0) is 31.5 Å². The van der Waals surface area contributed by atoms with Crippen LogP contribution in [0.1, 0.15) is 39.4 Å². The molecule has 5 nitrogen and oxygen atoms in total. The molecule has 2 heterocycles. The number of aryl methyl sites for hydroxylation is 1. The fourth-order valence-corrected chi connectivity index (χ4v) is 2.98. The lowest BCUT2D eigenvalue weighted by Crippen LogP contribution is -2.15. The Labute approximate surface area is 137 Å². The molecule has 22 heavy (non-hydrogen) atoms. The van der Waals surface area contributed by atoms with Crippen molar-refractivity contribution in [3.63, 3.8) is 0 Å². The fraction of sp³-hybridized carbons (Fsp3) is 0.267. The molecule has 0 unspecified atom stereocenters. The van der Waals surface area contributed by atoms with Gasteiger partial charge in [0.05, 0.1) is 17.7 Å². The molecule has 2 aromatic rings. The summed E-state index contributed by atoms with van der Waals surface area (Å²) in [5.74, 6) is -0.862. The van der Waals surface area contributed by atoms with Crippen LogP contribution in [0.25, 0.3) is 0 Å².